The van der Waals surface area contributed by atoms with Crippen LogP contribution in [0.4, 0.5) is 4.39 Å². The van der Waals surface area contributed by atoms with Gasteiger partial charge >= 0.3 is 0 Å². The number of aromatic nitrogens is 3. The summed E-state index contributed by atoms with van der Waals surface area (Å²) in [5, 5.41) is 4.55. The molecule has 2 atom stereocenters. The number of nitrogens with zero attached hydrogens (tertiary/aromatic N) is 3. The summed E-state index contributed by atoms with van der Waals surface area (Å²) in [5.74, 6) is 0.456. The first-order valence-corrected chi connectivity index (χ1v) is 11.2. The van der Waals surface area contributed by atoms with E-state index in [4.69, 9.17) is 30.5 Å². The molecular weight excluding hydrogens is 481 g/mol. The summed E-state index contributed by atoms with van der Waals surface area (Å²) in [6.07, 6.45) is 4.92. The van der Waals surface area contributed by atoms with Gasteiger partial charge in [0, 0.05) is 31.4 Å². The predicted molar refractivity (Wildman–Crippen MR) is 113 cm³/mol. The van der Waals surface area contributed by atoms with E-state index >= 15 is 0 Å². The molecule has 0 N–H and O–H groups in total. The quantitative estimate of drug-likeness (QED) is 0.387. The number of rotatable bonds is 11. The van der Waals surface area contributed by atoms with Crippen LogP contribution in [0.3, 0.4) is 0 Å². The molecule has 30 heavy (non-hydrogen) atoms. The molecule has 0 amide bonds. The maximum atomic E-state index is 13.8. The normalized spacial score (nSPS) is 17.8. The molecule has 166 valence electrons. The lowest BCUT2D eigenvalue weighted by molar-refractivity contribution is -0.162. The van der Waals surface area contributed by atoms with E-state index < -0.39 is 11.9 Å². The van der Waals surface area contributed by atoms with Crippen LogP contribution in [0.2, 0.25) is 5.02 Å². The Balaban J connectivity index is 1.63. The average Bonchev–Trinajstić information content (AvgIpc) is 3.07. The zero-order valence-electron chi connectivity index (χ0n) is 16.9. The maximum absolute atomic E-state index is 13.8. The summed E-state index contributed by atoms with van der Waals surface area (Å²) in [7, 11) is 1.58. The Morgan fingerprint density at radius 3 is 2.93 bits per heavy atom. The van der Waals surface area contributed by atoms with Crippen molar-refractivity contribution in [1.29, 1.82) is 0 Å². The molecule has 1 aromatic carbocycles. The zero-order valence-corrected chi connectivity index (χ0v) is 19.2. The average molecular weight is 507 g/mol. The van der Waals surface area contributed by atoms with Gasteiger partial charge in [-0.25, -0.2) is 14.1 Å². The highest BCUT2D eigenvalue weighted by atomic mass is 79.9. The van der Waals surface area contributed by atoms with Gasteiger partial charge in [0.15, 0.2) is 18.2 Å². The summed E-state index contributed by atoms with van der Waals surface area (Å²) < 4.78 is 38.5. The van der Waals surface area contributed by atoms with Crippen molar-refractivity contribution in [2.24, 2.45) is 0 Å². The lowest BCUT2D eigenvalue weighted by Gasteiger charge is -2.23. The Hall–Kier alpha value is -1.26. The summed E-state index contributed by atoms with van der Waals surface area (Å²) in [6, 6.07) is 4.11. The Labute approximate surface area is 188 Å². The summed E-state index contributed by atoms with van der Waals surface area (Å²) in [5.41, 5.74) is 0. The van der Waals surface area contributed by atoms with Crippen molar-refractivity contribution in [3.63, 3.8) is 0 Å². The Morgan fingerprint density at radius 2 is 2.20 bits per heavy atom. The van der Waals surface area contributed by atoms with Gasteiger partial charge in [-0.15, -0.1) is 5.10 Å². The molecule has 2 unspecified atom stereocenters. The first kappa shape index (κ1) is 23.4. The molecule has 0 radical (unpaired) electrons. The molecule has 1 saturated heterocycles. The van der Waals surface area contributed by atoms with Crippen LogP contribution in [0.1, 0.15) is 50.5 Å². The van der Waals surface area contributed by atoms with E-state index in [2.05, 4.69) is 26.0 Å². The molecule has 1 aromatic heterocycles. The van der Waals surface area contributed by atoms with E-state index in [0.29, 0.717) is 29.3 Å². The van der Waals surface area contributed by atoms with Crippen molar-refractivity contribution >= 4 is 27.5 Å². The number of unbranched alkanes of at least 4 members (excludes halogenated alkanes) is 1. The number of methoxy groups -OCH3 is 1. The van der Waals surface area contributed by atoms with Crippen LogP contribution in [0.5, 0.6) is 5.75 Å². The van der Waals surface area contributed by atoms with Crippen molar-refractivity contribution in [1.82, 2.24) is 14.8 Å². The summed E-state index contributed by atoms with van der Waals surface area (Å²) >= 11 is 9.27. The third kappa shape index (κ3) is 7.16. The van der Waals surface area contributed by atoms with Gasteiger partial charge in [-0.2, -0.15) is 0 Å². The van der Waals surface area contributed by atoms with Gasteiger partial charge in [-0.05, 0) is 66.6 Å². The topological polar surface area (TPSA) is 67.6 Å². The van der Waals surface area contributed by atoms with Crippen molar-refractivity contribution in [2.45, 2.75) is 57.6 Å². The van der Waals surface area contributed by atoms with E-state index in [1.165, 1.54) is 12.1 Å². The monoisotopic (exact) mass is 505 g/mol. The van der Waals surface area contributed by atoms with Gasteiger partial charge in [0.25, 0.3) is 0 Å². The van der Waals surface area contributed by atoms with Gasteiger partial charge in [-0.3, -0.25) is 0 Å². The molecule has 0 saturated carbocycles. The van der Waals surface area contributed by atoms with Crippen LogP contribution >= 0.6 is 27.5 Å². The fourth-order valence-corrected chi connectivity index (χ4v) is 3.86. The largest absolute Gasteiger partial charge is 0.482 e. The smallest absolute Gasteiger partial charge is 0.217 e. The van der Waals surface area contributed by atoms with Crippen LogP contribution in [0, 0.1) is 5.82 Å². The molecule has 1 fully saturated rings. The highest BCUT2D eigenvalue weighted by Crippen LogP contribution is 2.29. The van der Waals surface area contributed by atoms with Crippen molar-refractivity contribution in [3.8, 4) is 5.75 Å². The van der Waals surface area contributed by atoms with Crippen LogP contribution in [0.15, 0.2) is 22.9 Å². The van der Waals surface area contributed by atoms with Crippen LogP contribution in [-0.4, -0.2) is 41.4 Å². The fourth-order valence-electron chi connectivity index (χ4n) is 3.27. The molecule has 0 bridgehead atoms. The van der Waals surface area contributed by atoms with Crippen LogP contribution in [-0.2, 0) is 20.9 Å². The standard InChI is InChI=1S/C20H26BrClFN3O4/c1-27-13-26-19(24-20(21)25-26)17(30-16-11-14(22)10-15(23)12-16)6-2-4-8-28-18-7-3-5-9-29-18/h10-12,17-18H,2-9,13H2,1H3. The second-order valence-corrected chi connectivity index (χ2v) is 8.18. The maximum Gasteiger partial charge on any atom is 0.217 e. The van der Waals surface area contributed by atoms with Crippen molar-refractivity contribution in [2.75, 3.05) is 20.3 Å². The highest BCUT2D eigenvalue weighted by Gasteiger charge is 2.22. The Morgan fingerprint density at radius 1 is 1.33 bits per heavy atom. The van der Waals surface area contributed by atoms with Crippen LogP contribution < -0.4 is 4.74 Å². The van der Waals surface area contributed by atoms with Crippen molar-refractivity contribution < 1.29 is 23.3 Å². The fraction of sp³-hybridized carbons (Fsp3) is 0.600. The summed E-state index contributed by atoms with van der Waals surface area (Å²) in [6.45, 7) is 1.60. The number of benzene rings is 1. The molecule has 3 rings (SSSR count). The minimum atomic E-state index is -0.461. The van der Waals surface area contributed by atoms with E-state index in [-0.39, 0.29) is 18.0 Å². The van der Waals surface area contributed by atoms with E-state index in [1.54, 1.807) is 17.9 Å². The second kappa shape index (κ2) is 12.0. The van der Waals surface area contributed by atoms with Crippen LogP contribution in [0.25, 0.3) is 0 Å². The zero-order chi connectivity index (χ0) is 21.3. The molecule has 1 aliphatic rings. The first-order valence-electron chi connectivity index (χ1n) is 10.0. The minimum Gasteiger partial charge on any atom is -0.482 e. The van der Waals surface area contributed by atoms with Gasteiger partial charge < -0.3 is 18.9 Å². The third-order valence-electron chi connectivity index (χ3n) is 4.63. The van der Waals surface area contributed by atoms with Gasteiger partial charge in [0.05, 0.1) is 0 Å². The molecule has 2 aromatic rings. The highest BCUT2D eigenvalue weighted by molar-refractivity contribution is 9.10. The number of halogens is 3. The minimum absolute atomic E-state index is 0.0963. The van der Waals surface area contributed by atoms with Gasteiger partial charge in [0.1, 0.15) is 18.3 Å². The first-order chi connectivity index (χ1) is 14.5. The predicted octanol–water partition coefficient (Wildman–Crippen LogP) is 5.27. The Kier molecular flexibility index (Phi) is 9.32. The SMILES string of the molecule is COCn1nc(Br)nc1C(CCCCOC1CCCCO1)Oc1cc(F)cc(Cl)c1. The molecule has 7 nitrogen and oxygen atoms in total. The number of hydrogen-bond acceptors (Lipinski definition) is 6. The number of ether oxygens (including phenoxy) is 4. The second-order valence-electron chi connectivity index (χ2n) is 7.03. The Bertz CT molecular complexity index is 784. The summed E-state index contributed by atoms with van der Waals surface area (Å²) in [4.78, 5) is 4.43. The lowest BCUT2D eigenvalue weighted by atomic mass is 10.1. The van der Waals surface area contributed by atoms with Gasteiger partial charge in [-0.1, -0.05) is 11.6 Å². The molecule has 1 aliphatic heterocycles. The van der Waals surface area contributed by atoms with Gasteiger partial charge in [0.2, 0.25) is 4.73 Å². The lowest BCUT2D eigenvalue weighted by Crippen LogP contribution is -2.22. The molecule has 10 heteroatoms. The molecule has 0 aliphatic carbocycles. The van der Waals surface area contributed by atoms with E-state index in [9.17, 15) is 4.39 Å². The van der Waals surface area contributed by atoms with Crippen molar-refractivity contribution in [3.05, 3.63) is 39.6 Å². The van der Waals surface area contributed by atoms with E-state index in [1.807, 2.05) is 0 Å². The molecule has 2 heterocycles. The third-order valence-corrected chi connectivity index (χ3v) is 5.18. The molecule has 0 spiro atoms. The number of hydrogen-bond donors (Lipinski definition) is 0. The van der Waals surface area contributed by atoms with E-state index in [0.717, 1.165) is 38.7 Å². The molecular formula is C20H26BrClFN3O4.